The van der Waals surface area contributed by atoms with Crippen LogP contribution in [0.4, 0.5) is 11.4 Å². The Balaban J connectivity index is 1.79. The van der Waals surface area contributed by atoms with Crippen LogP contribution in [-0.4, -0.2) is 28.5 Å². The maximum atomic E-state index is 12.7. The highest BCUT2D eigenvalue weighted by Crippen LogP contribution is 2.31. The highest BCUT2D eigenvalue weighted by molar-refractivity contribution is 7.92. The summed E-state index contributed by atoms with van der Waals surface area (Å²) in [7, 11) is -0.896. The molecule has 0 aliphatic carbocycles. The number of carbonyl (C=O) groups is 1. The van der Waals surface area contributed by atoms with Gasteiger partial charge in [-0.25, -0.2) is 8.42 Å². The van der Waals surface area contributed by atoms with Gasteiger partial charge in [-0.1, -0.05) is 23.7 Å². The summed E-state index contributed by atoms with van der Waals surface area (Å²) in [6.45, 7) is 1.73. The molecule has 0 fully saturated rings. The topological polar surface area (TPSA) is 93.7 Å². The zero-order valence-electron chi connectivity index (χ0n) is 17.1. The minimum atomic E-state index is -3.83. The predicted molar refractivity (Wildman–Crippen MR) is 121 cm³/mol. The number of hydrogen-bond acceptors (Lipinski definition) is 5. The fourth-order valence-electron chi connectivity index (χ4n) is 2.90. The summed E-state index contributed by atoms with van der Waals surface area (Å²) in [6, 6.07) is 15.8. The molecule has 2 N–H and O–H groups in total. The molecule has 0 heterocycles. The molecule has 7 nitrogen and oxygen atoms in total. The van der Waals surface area contributed by atoms with Crippen LogP contribution in [0.25, 0.3) is 0 Å². The summed E-state index contributed by atoms with van der Waals surface area (Å²) in [5.41, 5.74) is 1.74. The monoisotopic (exact) mass is 460 g/mol. The third-order valence-corrected chi connectivity index (χ3v) is 6.37. The fourth-order valence-corrected chi connectivity index (χ4v) is 4.20. The van der Waals surface area contributed by atoms with Crippen LogP contribution in [-0.2, 0) is 10.0 Å². The second-order valence-corrected chi connectivity index (χ2v) is 8.63. The van der Waals surface area contributed by atoms with E-state index >= 15 is 0 Å². The van der Waals surface area contributed by atoms with Crippen molar-refractivity contribution in [3.63, 3.8) is 0 Å². The lowest BCUT2D eigenvalue weighted by molar-refractivity contribution is 0.102. The van der Waals surface area contributed by atoms with Crippen LogP contribution in [0.1, 0.15) is 15.9 Å². The molecule has 0 saturated heterocycles. The van der Waals surface area contributed by atoms with Gasteiger partial charge in [-0.05, 0) is 61.0 Å². The number of anilines is 2. The first-order valence-electron chi connectivity index (χ1n) is 9.17. The molecule has 3 aromatic carbocycles. The molecule has 3 aromatic rings. The van der Waals surface area contributed by atoms with Crippen LogP contribution in [0, 0.1) is 6.92 Å². The van der Waals surface area contributed by atoms with E-state index in [1.165, 1.54) is 38.5 Å². The fraction of sp³-hybridized carbons (Fsp3) is 0.136. The van der Waals surface area contributed by atoms with Crippen molar-refractivity contribution in [3.05, 3.63) is 76.8 Å². The summed E-state index contributed by atoms with van der Waals surface area (Å²) in [4.78, 5) is 12.7. The Morgan fingerprint density at radius 1 is 0.935 bits per heavy atom. The molecule has 0 unspecified atom stereocenters. The Bertz CT molecular complexity index is 1210. The minimum Gasteiger partial charge on any atom is -0.493 e. The molecule has 162 valence electrons. The lowest BCUT2D eigenvalue weighted by Crippen LogP contribution is -2.15. The number of amides is 1. The van der Waals surface area contributed by atoms with Crippen LogP contribution >= 0.6 is 11.6 Å². The number of carbonyl (C=O) groups excluding carboxylic acids is 1. The molecule has 0 aromatic heterocycles. The lowest BCUT2D eigenvalue weighted by Gasteiger charge is -2.13. The van der Waals surface area contributed by atoms with Gasteiger partial charge in [-0.15, -0.1) is 0 Å². The maximum Gasteiger partial charge on any atom is 0.261 e. The van der Waals surface area contributed by atoms with Gasteiger partial charge in [0.25, 0.3) is 15.9 Å². The van der Waals surface area contributed by atoms with Gasteiger partial charge >= 0.3 is 0 Å². The molecule has 0 spiro atoms. The summed E-state index contributed by atoms with van der Waals surface area (Å²) in [5, 5.41) is 3.19. The molecule has 0 radical (unpaired) electrons. The Kier molecular flexibility index (Phi) is 6.72. The van der Waals surface area contributed by atoms with Gasteiger partial charge in [-0.3, -0.25) is 9.52 Å². The first kappa shape index (κ1) is 22.5. The van der Waals surface area contributed by atoms with Crippen LogP contribution in [0.15, 0.2) is 65.6 Å². The number of ether oxygens (including phenoxy) is 2. The van der Waals surface area contributed by atoms with Gasteiger partial charge in [0.1, 0.15) is 0 Å². The minimum absolute atomic E-state index is 0.0452. The molecule has 0 saturated carbocycles. The molecule has 1 amide bonds. The predicted octanol–water partition coefficient (Wildman–Crippen LogP) is 4.72. The van der Waals surface area contributed by atoms with Crippen LogP contribution in [0.3, 0.4) is 0 Å². The smallest absolute Gasteiger partial charge is 0.261 e. The number of sulfonamides is 1. The molecule has 0 bridgehead atoms. The number of methoxy groups -OCH3 is 2. The third-order valence-electron chi connectivity index (χ3n) is 4.58. The second-order valence-electron chi connectivity index (χ2n) is 6.54. The Morgan fingerprint density at radius 2 is 1.61 bits per heavy atom. The van der Waals surface area contributed by atoms with E-state index in [0.717, 1.165) is 0 Å². The standard InChI is InChI=1S/C22H21ClN2O5S/c1-14-18(23)7-5-8-19(14)25-31(27,28)16-12-10-15(11-13-16)24-22(26)17-6-4-9-20(29-2)21(17)30-3/h4-13,25H,1-3H3,(H,24,26). The molecular formula is C22H21ClN2O5S. The quantitative estimate of drug-likeness (QED) is 0.532. The van der Waals surface area contributed by atoms with E-state index in [9.17, 15) is 13.2 Å². The van der Waals surface area contributed by atoms with E-state index < -0.39 is 15.9 Å². The van der Waals surface area contributed by atoms with E-state index in [1.54, 1.807) is 43.3 Å². The number of para-hydroxylation sites is 1. The van der Waals surface area contributed by atoms with Crippen molar-refractivity contribution in [2.75, 3.05) is 24.3 Å². The molecule has 3 rings (SSSR count). The Labute approximate surface area is 186 Å². The Morgan fingerprint density at radius 3 is 2.26 bits per heavy atom. The molecule has 31 heavy (non-hydrogen) atoms. The van der Waals surface area contributed by atoms with Gasteiger partial charge in [0, 0.05) is 10.7 Å². The van der Waals surface area contributed by atoms with E-state index in [2.05, 4.69) is 10.0 Å². The largest absolute Gasteiger partial charge is 0.493 e. The molecule has 0 aliphatic rings. The van der Waals surface area contributed by atoms with Crippen LogP contribution in [0.2, 0.25) is 5.02 Å². The summed E-state index contributed by atoms with van der Waals surface area (Å²) in [5.74, 6) is 0.320. The van der Waals surface area contributed by atoms with Crippen LogP contribution in [0.5, 0.6) is 11.5 Å². The van der Waals surface area contributed by atoms with E-state index in [1.807, 2.05) is 0 Å². The first-order valence-corrected chi connectivity index (χ1v) is 11.0. The molecule has 9 heteroatoms. The third kappa shape index (κ3) is 4.92. The van der Waals surface area contributed by atoms with Crippen molar-refractivity contribution in [2.45, 2.75) is 11.8 Å². The molecule has 0 aliphatic heterocycles. The average molecular weight is 461 g/mol. The SMILES string of the molecule is COc1cccc(C(=O)Nc2ccc(S(=O)(=O)Nc3cccc(Cl)c3C)cc2)c1OC. The molecule has 0 atom stereocenters. The highest BCUT2D eigenvalue weighted by Gasteiger charge is 2.18. The zero-order chi connectivity index (χ0) is 22.6. The maximum absolute atomic E-state index is 12.7. The van der Waals surface area contributed by atoms with Gasteiger partial charge in [0.15, 0.2) is 11.5 Å². The summed E-state index contributed by atoms with van der Waals surface area (Å²) in [6.07, 6.45) is 0. The number of halogens is 1. The first-order chi connectivity index (χ1) is 14.8. The van der Waals surface area contributed by atoms with E-state index in [-0.39, 0.29) is 10.5 Å². The lowest BCUT2D eigenvalue weighted by atomic mass is 10.1. The number of benzene rings is 3. The highest BCUT2D eigenvalue weighted by atomic mass is 35.5. The van der Waals surface area contributed by atoms with E-state index in [0.29, 0.717) is 33.5 Å². The van der Waals surface area contributed by atoms with Gasteiger partial charge in [0.05, 0.1) is 30.4 Å². The summed E-state index contributed by atoms with van der Waals surface area (Å²) >= 11 is 6.06. The zero-order valence-corrected chi connectivity index (χ0v) is 18.7. The van der Waals surface area contributed by atoms with Crippen molar-refractivity contribution in [1.82, 2.24) is 0 Å². The Hall–Kier alpha value is -3.23. The summed E-state index contributed by atoms with van der Waals surface area (Å²) < 4.78 is 38.4. The van der Waals surface area contributed by atoms with Gasteiger partial charge in [0.2, 0.25) is 0 Å². The second kappa shape index (κ2) is 9.28. The average Bonchev–Trinajstić information content (AvgIpc) is 2.76. The van der Waals surface area contributed by atoms with Gasteiger partial charge in [-0.2, -0.15) is 0 Å². The van der Waals surface area contributed by atoms with Crippen molar-refractivity contribution in [1.29, 1.82) is 0 Å². The van der Waals surface area contributed by atoms with Crippen molar-refractivity contribution in [2.24, 2.45) is 0 Å². The van der Waals surface area contributed by atoms with Crippen molar-refractivity contribution in [3.8, 4) is 11.5 Å². The van der Waals surface area contributed by atoms with E-state index in [4.69, 9.17) is 21.1 Å². The van der Waals surface area contributed by atoms with Crippen molar-refractivity contribution >= 4 is 38.9 Å². The van der Waals surface area contributed by atoms with Crippen molar-refractivity contribution < 1.29 is 22.7 Å². The van der Waals surface area contributed by atoms with Gasteiger partial charge < -0.3 is 14.8 Å². The number of rotatable bonds is 7. The van der Waals surface area contributed by atoms with Crippen LogP contribution < -0.4 is 19.5 Å². The number of hydrogen-bond donors (Lipinski definition) is 2. The number of nitrogens with one attached hydrogen (secondary N) is 2. The normalized spacial score (nSPS) is 11.0. The molecular weight excluding hydrogens is 440 g/mol.